The van der Waals surface area contributed by atoms with Crippen LogP contribution in [-0.4, -0.2) is 96.7 Å². The zero-order valence-corrected chi connectivity index (χ0v) is 57.2. The molecule has 0 aromatic heterocycles. The van der Waals surface area contributed by atoms with Crippen LogP contribution >= 0.6 is 15.6 Å². The van der Waals surface area contributed by atoms with Gasteiger partial charge in [-0.3, -0.25) is 37.3 Å². The molecule has 0 radical (unpaired) electrons. The van der Waals surface area contributed by atoms with Gasteiger partial charge < -0.3 is 33.8 Å². The number of hydrogen-bond donors (Lipinski definition) is 3. The predicted octanol–water partition coefficient (Wildman–Crippen LogP) is 19.0. The van der Waals surface area contributed by atoms with Crippen LogP contribution in [-0.2, 0) is 65.4 Å². The average molecular weight is 1270 g/mol. The topological polar surface area (TPSA) is 237 Å². The lowest BCUT2D eigenvalue weighted by Crippen LogP contribution is -2.30. The fraction of sp³-hybridized carbons (Fsp3) is 0.940. The fourth-order valence-electron chi connectivity index (χ4n) is 10.1. The number of aliphatic hydroxyl groups excluding tert-OH is 1. The second-order valence-corrected chi connectivity index (χ2v) is 27.6. The zero-order valence-electron chi connectivity index (χ0n) is 55.4. The van der Waals surface area contributed by atoms with Gasteiger partial charge in [0.1, 0.15) is 19.3 Å². The van der Waals surface area contributed by atoms with Crippen LogP contribution in [0.5, 0.6) is 0 Å². The number of unbranched alkanes of at least 4 members (excludes halogenated alkanes) is 39. The van der Waals surface area contributed by atoms with Crippen molar-refractivity contribution in [1.29, 1.82) is 0 Å². The highest BCUT2D eigenvalue weighted by molar-refractivity contribution is 7.47. The third-order valence-corrected chi connectivity index (χ3v) is 17.4. The van der Waals surface area contributed by atoms with Gasteiger partial charge in [-0.1, -0.05) is 291 Å². The van der Waals surface area contributed by atoms with E-state index in [4.69, 9.17) is 37.0 Å². The second kappa shape index (κ2) is 60.6. The molecule has 0 saturated carbocycles. The highest BCUT2D eigenvalue weighted by Crippen LogP contribution is 2.45. The number of carbonyl (C=O) groups excluding carboxylic acids is 4. The summed E-state index contributed by atoms with van der Waals surface area (Å²) in [6, 6.07) is 0. The normalized spacial score (nSPS) is 14.2. The smallest absolute Gasteiger partial charge is 0.462 e. The average Bonchev–Trinajstić information content (AvgIpc) is 3.68. The first-order valence-electron chi connectivity index (χ1n) is 35.1. The quantitative estimate of drug-likeness (QED) is 0.0222. The Morgan fingerprint density at radius 3 is 0.791 bits per heavy atom. The highest BCUT2D eigenvalue weighted by atomic mass is 31.2. The van der Waals surface area contributed by atoms with E-state index in [0.717, 1.165) is 102 Å². The second-order valence-electron chi connectivity index (χ2n) is 24.7. The number of aliphatic hydroxyl groups is 1. The van der Waals surface area contributed by atoms with Gasteiger partial charge in [-0.05, 0) is 31.6 Å². The van der Waals surface area contributed by atoms with Gasteiger partial charge in [0.15, 0.2) is 12.2 Å². The maximum Gasteiger partial charge on any atom is 0.472 e. The monoisotopic (exact) mass is 1270 g/mol. The first-order chi connectivity index (χ1) is 41.5. The predicted molar refractivity (Wildman–Crippen MR) is 345 cm³/mol. The first-order valence-corrected chi connectivity index (χ1v) is 38.1. The minimum absolute atomic E-state index is 0.106. The third-order valence-electron chi connectivity index (χ3n) is 15.5. The minimum atomic E-state index is -4.95. The molecule has 3 N–H and O–H groups in total. The Balaban J connectivity index is 5.22. The maximum absolute atomic E-state index is 13.0. The molecule has 0 aromatic rings. The maximum atomic E-state index is 13.0. The summed E-state index contributed by atoms with van der Waals surface area (Å²) in [6.45, 7) is 7.19. The van der Waals surface area contributed by atoms with Crippen LogP contribution < -0.4 is 0 Å². The van der Waals surface area contributed by atoms with Crippen molar-refractivity contribution in [1.82, 2.24) is 0 Å². The molecule has 0 bridgehead atoms. The number of ether oxygens (including phenoxy) is 4. The lowest BCUT2D eigenvalue weighted by molar-refractivity contribution is -0.161. The first kappa shape index (κ1) is 84.1. The summed E-state index contributed by atoms with van der Waals surface area (Å²) in [5, 5.41) is 10.6. The molecule has 0 fully saturated rings. The Bertz CT molecular complexity index is 1670. The van der Waals surface area contributed by atoms with Gasteiger partial charge >= 0.3 is 39.5 Å². The van der Waals surface area contributed by atoms with E-state index in [9.17, 15) is 43.2 Å². The van der Waals surface area contributed by atoms with E-state index in [0.29, 0.717) is 25.7 Å². The van der Waals surface area contributed by atoms with Crippen molar-refractivity contribution in [3.63, 3.8) is 0 Å². The molecule has 19 heteroatoms. The summed E-state index contributed by atoms with van der Waals surface area (Å²) >= 11 is 0. The van der Waals surface area contributed by atoms with Crippen LogP contribution in [0.25, 0.3) is 0 Å². The van der Waals surface area contributed by atoms with Crippen LogP contribution in [0.15, 0.2) is 0 Å². The molecule has 86 heavy (non-hydrogen) atoms. The lowest BCUT2D eigenvalue weighted by Gasteiger charge is -2.21. The molecule has 0 rings (SSSR count). The number of phosphoric ester groups is 2. The summed E-state index contributed by atoms with van der Waals surface area (Å²) in [7, 11) is -9.89. The van der Waals surface area contributed by atoms with Crippen LogP contribution in [0.1, 0.15) is 343 Å². The molecule has 0 heterocycles. The summed E-state index contributed by atoms with van der Waals surface area (Å²) in [4.78, 5) is 72.3. The Kier molecular flexibility index (Phi) is 59.2. The molecule has 0 spiro atoms. The lowest BCUT2D eigenvalue weighted by atomic mass is 10.0. The van der Waals surface area contributed by atoms with Gasteiger partial charge in [0.05, 0.1) is 26.4 Å². The molecule has 5 atom stereocenters. The van der Waals surface area contributed by atoms with E-state index in [1.165, 1.54) is 161 Å². The standard InChI is InChI=1S/C67H130O17P2/c1-6-9-12-15-18-21-23-24-25-26-27-33-38-43-48-53-67(72)84-63(57-78-65(70)51-46-41-36-32-29-28-30-34-39-44-49-60(4)5)59-82-86(75,76)80-55-61(68)54-79-85(73,74)81-58-62(56-77-64(69)50-45-40-35-20-17-14-11-8-3)83-66(71)52-47-42-37-31-22-19-16-13-10-7-2/h60-63,68H,6-59H2,1-5H3,(H,73,74)(H,75,76)/t61-,62+,63+/m0/s1. The Morgan fingerprint density at radius 1 is 0.314 bits per heavy atom. The van der Waals surface area contributed by atoms with Crippen molar-refractivity contribution in [3.05, 3.63) is 0 Å². The largest absolute Gasteiger partial charge is 0.472 e. The molecule has 0 aromatic carbocycles. The number of rotatable bonds is 67. The van der Waals surface area contributed by atoms with Gasteiger partial charge in [0.2, 0.25) is 0 Å². The number of esters is 4. The van der Waals surface area contributed by atoms with E-state index in [-0.39, 0.29) is 25.7 Å². The molecule has 17 nitrogen and oxygen atoms in total. The van der Waals surface area contributed by atoms with E-state index in [1.54, 1.807) is 0 Å². The molecule has 0 aliphatic heterocycles. The molecule has 0 saturated heterocycles. The van der Waals surface area contributed by atoms with Gasteiger partial charge in [0.25, 0.3) is 0 Å². The SMILES string of the molecule is CCCCCCCCCCCCCCCCCC(=O)O[C@H](COC(=O)CCCCCCCCCCCCC(C)C)COP(=O)(O)OC[C@@H](O)COP(=O)(O)OC[C@@H](COC(=O)CCCCCCCCCC)OC(=O)CCCCCCCCCCCC. The molecular formula is C67H130O17P2. The number of phosphoric acid groups is 2. The summed E-state index contributed by atoms with van der Waals surface area (Å²) in [6.07, 6.45) is 45.8. The third kappa shape index (κ3) is 60.9. The van der Waals surface area contributed by atoms with Crippen molar-refractivity contribution in [3.8, 4) is 0 Å². The van der Waals surface area contributed by atoms with Crippen LogP contribution in [0.3, 0.4) is 0 Å². The summed E-state index contributed by atoms with van der Waals surface area (Å²) in [5.41, 5.74) is 0. The van der Waals surface area contributed by atoms with E-state index in [2.05, 4.69) is 34.6 Å². The van der Waals surface area contributed by atoms with Crippen molar-refractivity contribution in [2.24, 2.45) is 5.92 Å². The van der Waals surface area contributed by atoms with Crippen LogP contribution in [0, 0.1) is 5.92 Å². The molecule has 0 aliphatic carbocycles. The molecule has 0 aliphatic rings. The van der Waals surface area contributed by atoms with Crippen molar-refractivity contribution in [2.45, 2.75) is 361 Å². The van der Waals surface area contributed by atoms with Crippen LogP contribution in [0.2, 0.25) is 0 Å². The fourth-order valence-corrected chi connectivity index (χ4v) is 11.7. The van der Waals surface area contributed by atoms with Crippen molar-refractivity contribution < 1.29 is 80.2 Å². The van der Waals surface area contributed by atoms with Crippen molar-refractivity contribution in [2.75, 3.05) is 39.6 Å². The van der Waals surface area contributed by atoms with E-state index in [1.807, 2.05) is 0 Å². The Hall–Kier alpha value is -1.94. The number of carbonyl (C=O) groups is 4. The van der Waals surface area contributed by atoms with E-state index >= 15 is 0 Å². The molecule has 510 valence electrons. The van der Waals surface area contributed by atoms with Crippen molar-refractivity contribution >= 4 is 39.5 Å². The van der Waals surface area contributed by atoms with Gasteiger partial charge in [-0.2, -0.15) is 0 Å². The Labute approximate surface area is 524 Å². The minimum Gasteiger partial charge on any atom is -0.462 e. The Morgan fingerprint density at radius 2 is 0.535 bits per heavy atom. The van der Waals surface area contributed by atoms with E-state index < -0.39 is 97.5 Å². The molecule has 0 amide bonds. The van der Waals surface area contributed by atoms with Gasteiger partial charge in [-0.15, -0.1) is 0 Å². The summed E-state index contributed by atoms with van der Waals surface area (Å²) in [5.74, 6) is -1.37. The molecule has 2 unspecified atom stereocenters. The summed E-state index contributed by atoms with van der Waals surface area (Å²) < 4.78 is 68.1. The van der Waals surface area contributed by atoms with Gasteiger partial charge in [0, 0.05) is 25.7 Å². The van der Waals surface area contributed by atoms with Crippen LogP contribution in [0.4, 0.5) is 0 Å². The molecular weight excluding hydrogens is 1140 g/mol. The highest BCUT2D eigenvalue weighted by Gasteiger charge is 2.30. The van der Waals surface area contributed by atoms with Gasteiger partial charge in [-0.25, -0.2) is 9.13 Å². The zero-order chi connectivity index (χ0) is 63.5. The number of hydrogen-bond acceptors (Lipinski definition) is 15.